The van der Waals surface area contributed by atoms with Gasteiger partial charge in [0.05, 0.1) is 10.2 Å². The monoisotopic (exact) mass is 187 g/mol. The maximum absolute atomic E-state index is 2.28. The van der Waals surface area contributed by atoms with Crippen molar-refractivity contribution in [2.75, 3.05) is 6.54 Å². The van der Waals surface area contributed by atoms with Gasteiger partial charge in [0, 0.05) is 12.7 Å². The van der Waals surface area contributed by atoms with E-state index in [1.54, 1.807) is 0 Å². The largest absolute Gasteiger partial charge is 0.343 e. The SMILES string of the molecule is C1=CC2=c3sccc3=CCN2C=C1. The molecule has 1 nitrogen and oxygen atoms in total. The summed E-state index contributed by atoms with van der Waals surface area (Å²) < 4.78 is 1.40. The van der Waals surface area contributed by atoms with Crippen molar-refractivity contribution in [1.29, 1.82) is 0 Å². The number of fused-ring (bicyclic) bond motifs is 2. The lowest BCUT2D eigenvalue weighted by Gasteiger charge is -2.23. The van der Waals surface area contributed by atoms with E-state index in [1.807, 2.05) is 11.3 Å². The molecule has 3 heterocycles. The van der Waals surface area contributed by atoms with Gasteiger partial charge in [0.15, 0.2) is 0 Å². The van der Waals surface area contributed by atoms with E-state index in [0.29, 0.717) is 0 Å². The highest BCUT2D eigenvalue weighted by Crippen LogP contribution is 2.13. The molecular weight excluding hydrogens is 178 g/mol. The van der Waals surface area contributed by atoms with Crippen molar-refractivity contribution < 1.29 is 0 Å². The summed E-state index contributed by atoms with van der Waals surface area (Å²) in [6.07, 6.45) is 10.8. The fraction of sp³-hybridized carbons (Fsp3) is 0.0909. The van der Waals surface area contributed by atoms with Crippen molar-refractivity contribution in [2.24, 2.45) is 0 Å². The van der Waals surface area contributed by atoms with Crippen molar-refractivity contribution in [2.45, 2.75) is 0 Å². The van der Waals surface area contributed by atoms with Crippen LogP contribution in [0.25, 0.3) is 11.8 Å². The summed E-state index contributed by atoms with van der Waals surface area (Å²) >= 11 is 1.82. The van der Waals surface area contributed by atoms with Gasteiger partial charge in [-0.05, 0) is 28.8 Å². The molecule has 0 aliphatic carbocycles. The first kappa shape index (κ1) is 7.15. The van der Waals surface area contributed by atoms with E-state index in [9.17, 15) is 0 Å². The van der Waals surface area contributed by atoms with E-state index < -0.39 is 0 Å². The van der Waals surface area contributed by atoms with Gasteiger partial charge in [-0.2, -0.15) is 0 Å². The summed E-state index contributed by atoms with van der Waals surface area (Å²) in [5.74, 6) is 0. The Labute approximate surface area is 80.6 Å². The molecule has 1 aromatic heterocycles. The Morgan fingerprint density at radius 2 is 2.31 bits per heavy atom. The molecule has 0 N–H and O–H groups in total. The van der Waals surface area contributed by atoms with E-state index >= 15 is 0 Å². The molecule has 0 aromatic carbocycles. The van der Waals surface area contributed by atoms with Gasteiger partial charge >= 0.3 is 0 Å². The lowest BCUT2D eigenvalue weighted by atomic mass is 10.2. The van der Waals surface area contributed by atoms with Crippen LogP contribution in [0.4, 0.5) is 0 Å². The van der Waals surface area contributed by atoms with Crippen molar-refractivity contribution in [1.82, 2.24) is 4.90 Å². The smallest absolute Gasteiger partial charge is 0.0590 e. The average molecular weight is 187 g/mol. The molecule has 0 saturated carbocycles. The Morgan fingerprint density at radius 3 is 3.31 bits per heavy atom. The molecule has 1 aromatic rings. The molecule has 2 aliphatic heterocycles. The minimum Gasteiger partial charge on any atom is -0.343 e. The number of nitrogens with zero attached hydrogens (tertiary/aromatic N) is 1. The predicted octanol–water partition coefficient (Wildman–Crippen LogP) is 1.04. The highest BCUT2D eigenvalue weighted by molar-refractivity contribution is 7.07. The van der Waals surface area contributed by atoms with Crippen LogP contribution in [0.5, 0.6) is 0 Å². The van der Waals surface area contributed by atoms with Gasteiger partial charge in [-0.25, -0.2) is 0 Å². The van der Waals surface area contributed by atoms with Gasteiger partial charge in [-0.3, -0.25) is 0 Å². The molecule has 2 aliphatic rings. The molecule has 3 rings (SSSR count). The summed E-state index contributed by atoms with van der Waals surface area (Å²) in [5, 5.41) is 3.54. The Kier molecular flexibility index (Phi) is 1.43. The maximum atomic E-state index is 2.28. The Bertz CT molecular complexity index is 504. The van der Waals surface area contributed by atoms with Gasteiger partial charge < -0.3 is 4.90 Å². The molecule has 2 heteroatoms. The molecule has 13 heavy (non-hydrogen) atoms. The second-order valence-electron chi connectivity index (χ2n) is 3.15. The van der Waals surface area contributed by atoms with Crippen LogP contribution in [-0.2, 0) is 0 Å². The predicted molar refractivity (Wildman–Crippen MR) is 56.4 cm³/mol. The Hall–Kier alpha value is -1.28. The minimum absolute atomic E-state index is 1.000. The van der Waals surface area contributed by atoms with Crippen LogP contribution in [-0.4, -0.2) is 11.4 Å². The van der Waals surface area contributed by atoms with Crippen molar-refractivity contribution in [3.05, 3.63) is 45.6 Å². The summed E-state index contributed by atoms with van der Waals surface area (Å²) in [6, 6.07) is 2.19. The lowest BCUT2D eigenvalue weighted by molar-refractivity contribution is 0.599. The van der Waals surface area contributed by atoms with Crippen LogP contribution in [0, 0.1) is 0 Å². The maximum Gasteiger partial charge on any atom is 0.0590 e. The normalized spacial score (nSPS) is 18.2. The average Bonchev–Trinajstić information content (AvgIpc) is 2.65. The first-order valence-corrected chi connectivity index (χ1v) is 5.23. The third-order valence-electron chi connectivity index (χ3n) is 2.38. The van der Waals surface area contributed by atoms with E-state index in [4.69, 9.17) is 0 Å². The number of hydrogen-bond donors (Lipinski definition) is 0. The molecular formula is C11H9NS. The summed E-state index contributed by atoms with van der Waals surface area (Å²) in [7, 11) is 0. The fourth-order valence-electron chi connectivity index (χ4n) is 1.73. The van der Waals surface area contributed by atoms with E-state index in [2.05, 4.69) is 46.9 Å². The number of hydrogen-bond acceptors (Lipinski definition) is 2. The molecule has 0 bridgehead atoms. The molecule has 0 spiro atoms. The van der Waals surface area contributed by atoms with Crippen LogP contribution in [0.2, 0.25) is 0 Å². The zero-order valence-electron chi connectivity index (χ0n) is 7.10. The first-order valence-electron chi connectivity index (χ1n) is 4.35. The lowest BCUT2D eigenvalue weighted by Crippen LogP contribution is -2.34. The van der Waals surface area contributed by atoms with Crippen molar-refractivity contribution in [3.63, 3.8) is 0 Å². The molecule has 64 valence electrons. The van der Waals surface area contributed by atoms with Crippen LogP contribution in [0.1, 0.15) is 0 Å². The third-order valence-corrected chi connectivity index (χ3v) is 3.33. The van der Waals surface area contributed by atoms with Gasteiger partial charge in [0.2, 0.25) is 0 Å². The first-order chi connectivity index (χ1) is 6.45. The Balaban J connectivity index is 2.40. The summed E-state index contributed by atoms with van der Waals surface area (Å²) in [6.45, 7) is 1.000. The fourth-order valence-corrected chi connectivity index (χ4v) is 2.67. The van der Waals surface area contributed by atoms with Crippen molar-refractivity contribution >= 4 is 23.1 Å². The molecule has 0 atom stereocenters. The second kappa shape index (κ2) is 2.60. The van der Waals surface area contributed by atoms with Gasteiger partial charge in [0.1, 0.15) is 0 Å². The second-order valence-corrected chi connectivity index (χ2v) is 4.06. The van der Waals surface area contributed by atoms with Crippen molar-refractivity contribution in [3.8, 4) is 0 Å². The zero-order valence-corrected chi connectivity index (χ0v) is 7.92. The van der Waals surface area contributed by atoms with E-state index in [-0.39, 0.29) is 0 Å². The topological polar surface area (TPSA) is 3.24 Å². The Morgan fingerprint density at radius 1 is 1.31 bits per heavy atom. The quantitative estimate of drug-likeness (QED) is 0.586. The minimum atomic E-state index is 1.000. The highest BCUT2D eigenvalue weighted by atomic mass is 32.1. The highest BCUT2D eigenvalue weighted by Gasteiger charge is 2.10. The molecule has 0 amide bonds. The van der Waals surface area contributed by atoms with Gasteiger partial charge in [0.25, 0.3) is 0 Å². The summed E-state index contributed by atoms with van der Waals surface area (Å²) in [4.78, 5) is 2.28. The van der Waals surface area contributed by atoms with Crippen LogP contribution < -0.4 is 9.75 Å². The molecule has 0 radical (unpaired) electrons. The van der Waals surface area contributed by atoms with Crippen LogP contribution in [0.15, 0.2) is 35.9 Å². The summed E-state index contributed by atoms with van der Waals surface area (Å²) in [5.41, 5.74) is 1.34. The number of rotatable bonds is 0. The van der Waals surface area contributed by atoms with Crippen LogP contribution >= 0.6 is 11.3 Å². The number of allylic oxidation sites excluding steroid dienone is 2. The number of thiophene rings is 1. The standard InChI is InChI=1S/C11H9NS/c1-2-6-12-7-4-9-5-8-13-11(9)10(12)3-1/h1-6,8H,7H2. The van der Waals surface area contributed by atoms with E-state index in [0.717, 1.165) is 6.54 Å². The molecule has 0 saturated heterocycles. The zero-order chi connectivity index (χ0) is 8.67. The third kappa shape index (κ3) is 0.988. The van der Waals surface area contributed by atoms with E-state index in [1.165, 1.54) is 15.4 Å². The van der Waals surface area contributed by atoms with Crippen LogP contribution in [0.3, 0.4) is 0 Å². The molecule has 0 fully saturated rings. The van der Waals surface area contributed by atoms with Gasteiger partial charge in [-0.1, -0.05) is 12.2 Å². The molecule has 0 unspecified atom stereocenters. The van der Waals surface area contributed by atoms with Gasteiger partial charge in [-0.15, -0.1) is 11.3 Å².